The molecule has 1 atom stereocenters. The first-order chi connectivity index (χ1) is 13.3. The molecule has 2 N–H and O–H groups in total. The van der Waals surface area contributed by atoms with E-state index in [1.165, 1.54) is 5.56 Å². The van der Waals surface area contributed by atoms with Crippen LogP contribution in [0.25, 0.3) is 0 Å². The quantitative estimate of drug-likeness (QED) is 0.723. The minimum absolute atomic E-state index is 0.0307. The Morgan fingerprint density at radius 2 is 1.50 bits per heavy atom. The van der Waals surface area contributed by atoms with Gasteiger partial charge in [0.15, 0.2) is 0 Å². The molecule has 0 aliphatic rings. The topological polar surface area (TPSA) is 64.7 Å². The van der Waals surface area contributed by atoms with Gasteiger partial charge in [0.25, 0.3) is 0 Å². The van der Waals surface area contributed by atoms with Gasteiger partial charge in [-0.2, -0.15) is 0 Å². The lowest BCUT2D eigenvalue weighted by atomic mass is 10.1. The molecule has 0 spiro atoms. The molecule has 2 aromatic rings. The van der Waals surface area contributed by atoms with Gasteiger partial charge in [-0.25, -0.2) is 0 Å². The normalized spacial score (nSPS) is 11.8. The second-order valence-corrected chi connectivity index (χ2v) is 7.18. The summed E-state index contributed by atoms with van der Waals surface area (Å²) in [5.41, 5.74) is 3.97. The third kappa shape index (κ3) is 5.82. The second-order valence-electron chi connectivity index (χ2n) is 7.18. The number of aryl methyl sites for hydroxylation is 1. The monoisotopic (exact) mass is 382 g/mol. The average molecular weight is 383 g/mol. The summed E-state index contributed by atoms with van der Waals surface area (Å²) >= 11 is 0. The molecule has 2 rings (SSSR count). The van der Waals surface area contributed by atoms with Crippen LogP contribution in [0.3, 0.4) is 0 Å². The smallest absolute Gasteiger partial charge is 0.313 e. The summed E-state index contributed by atoms with van der Waals surface area (Å²) in [7, 11) is 7.89. The SMILES string of the molecule is CCc1ccc(NC(=O)C(=O)NCC(c2ccc(N(C)C)cc2)N(C)C)cc1. The number of amides is 2. The lowest BCUT2D eigenvalue weighted by Crippen LogP contribution is -2.40. The molecular weight excluding hydrogens is 352 g/mol. The van der Waals surface area contributed by atoms with Gasteiger partial charge in [0.05, 0.1) is 6.04 Å². The predicted octanol–water partition coefficient (Wildman–Crippen LogP) is 2.67. The van der Waals surface area contributed by atoms with Crippen molar-refractivity contribution in [2.75, 3.05) is 45.0 Å². The van der Waals surface area contributed by atoms with Gasteiger partial charge < -0.3 is 20.4 Å². The van der Waals surface area contributed by atoms with Crippen LogP contribution in [0.4, 0.5) is 11.4 Å². The summed E-state index contributed by atoms with van der Waals surface area (Å²) in [5, 5.41) is 5.38. The molecule has 0 saturated heterocycles. The zero-order valence-corrected chi connectivity index (χ0v) is 17.3. The van der Waals surface area contributed by atoms with Crippen molar-refractivity contribution in [2.24, 2.45) is 0 Å². The lowest BCUT2D eigenvalue weighted by molar-refractivity contribution is -0.136. The van der Waals surface area contributed by atoms with Crippen molar-refractivity contribution in [1.29, 1.82) is 0 Å². The van der Waals surface area contributed by atoms with E-state index >= 15 is 0 Å². The highest BCUT2D eigenvalue weighted by atomic mass is 16.2. The van der Waals surface area contributed by atoms with Crippen LogP contribution < -0.4 is 15.5 Å². The first-order valence-electron chi connectivity index (χ1n) is 9.43. The standard InChI is InChI=1S/C22H30N4O2/c1-6-16-7-11-18(12-8-16)24-22(28)21(27)23-15-20(26(4)5)17-9-13-19(14-10-17)25(2)3/h7-14,20H,6,15H2,1-5H3,(H,23,27)(H,24,28). The molecule has 0 aromatic heterocycles. The molecule has 0 aliphatic heterocycles. The van der Waals surface area contributed by atoms with Crippen molar-refractivity contribution in [1.82, 2.24) is 10.2 Å². The summed E-state index contributed by atoms with van der Waals surface area (Å²) in [4.78, 5) is 28.4. The number of benzene rings is 2. The number of nitrogens with zero attached hydrogens (tertiary/aromatic N) is 2. The van der Waals surface area contributed by atoms with Gasteiger partial charge in [-0.05, 0) is 55.9 Å². The zero-order chi connectivity index (χ0) is 20.7. The highest BCUT2D eigenvalue weighted by molar-refractivity contribution is 6.39. The average Bonchev–Trinajstić information content (AvgIpc) is 2.68. The fourth-order valence-electron chi connectivity index (χ4n) is 2.87. The summed E-state index contributed by atoms with van der Waals surface area (Å²) in [6.07, 6.45) is 0.927. The highest BCUT2D eigenvalue weighted by Gasteiger charge is 2.19. The maximum absolute atomic E-state index is 12.2. The van der Waals surface area contributed by atoms with E-state index in [2.05, 4.69) is 17.6 Å². The number of carbonyl (C=O) groups is 2. The Balaban J connectivity index is 1.96. The molecule has 0 fully saturated rings. The first kappa shape index (κ1) is 21.4. The summed E-state index contributed by atoms with van der Waals surface area (Å²) in [5.74, 6) is -1.30. The molecule has 0 heterocycles. The molecule has 1 unspecified atom stereocenters. The summed E-state index contributed by atoms with van der Waals surface area (Å²) in [6.45, 7) is 2.41. The van der Waals surface area contributed by atoms with Crippen molar-refractivity contribution in [3.05, 3.63) is 59.7 Å². The fraction of sp³-hybridized carbons (Fsp3) is 0.364. The van der Waals surface area contributed by atoms with Crippen molar-refractivity contribution >= 4 is 23.2 Å². The van der Waals surface area contributed by atoms with Gasteiger partial charge in [0.2, 0.25) is 0 Å². The lowest BCUT2D eigenvalue weighted by Gasteiger charge is -2.25. The maximum Gasteiger partial charge on any atom is 0.313 e. The van der Waals surface area contributed by atoms with Gasteiger partial charge in [-0.3, -0.25) is 9.59 Å². The minimum atomic E-state index is -0.662. The van der Waals surface area contributed by atoms with E-state index in [1.807, 2.05) is 74.4 Å². The van der Waals surface area contributed by atoms with Crippen molar-refractivity contribution in [3.8, 4) is 0 Å². The van der Waals surface area contributed by atoms with E-state index in [0.29, 0.717) is 12.2 Å². The van der Waals surface area contributed by atoms with Crippen LogP contribution in [0.5, 0.6) is 0 Å². The summed E-state index contributed by atoms with van der Waals surface area (Å²) in [6, 6.07) is 15.6. The highest BCUT2D eigenvalue weighted by Crippen LogP contribution is 2.21. The Bertz CT molecular complexity index is 783. The van der Waals surface area contributed by atoms with E-state index in [1.54, 1.807) is 12.1 Å². The molecular formula is C22H30N4O2. The van der Waals surface area contributed by atoms with Crippen LogP contribution in [0.1, 0.15) is 24.1 Å². The number of rotatable bonds is 7. The third-order valence-corrected chi connectivity index (χ3v) is 4.70. The van der Waals surface area contributed by atoms with E-state index in [9.17, 15) is 9.59 Å². The van der Waals surface area contributed by atoms with Crippen molar-refractivity contribution in [2.45, 2.75) is 19.4 Å². The molecule has 6 nitrogen and oxygen atoms in total. The number of likely N-dealkylation sites (N-methyl/N-ethyl adjacent to an activating group) is 1. The molecule has 28 heavy (non-hydrogen) atoms. The van der Waals surface area contributed by atoms with E-state index in [-0.39, 0.29) is 6.04 Å². The minimum Gasteiger partial charge on any atom is -0.378 e. The van der Waals surface area contributed by atoms with Gasteiger partial charge in [0, 0.05) is 32.0 Å². The first-order valence-corrected chi connectivity index (χ1v) is 9.43. The Hall–Kier alpha value is -2.86. The predicted molar refractivity (Wildman–Crippen MR) is 115 cm³/mol. The van der Waals surface area contributed by atoms with Crippen LogP contribution in [0, 0.1) is 0 Å². The number of carbonyl (C=O) groups excluding carboxylic acids is 2. The van der Waals surface area contributed by atoms with Crippen LogP contribution >= 0.6 is 0 Å². The van der Waals surface area contributed by atoms with Gasteiger partial charge >= 0.3 is 11.8 Å². The molecule has 0 radical (unpaired) electrons. The van der Waals surface area contributed by atoms with Crippen LogP contribution in [0.15, 0.2) is 48.5 Å². The third-order valence-electron chi connectivity index (χ3n) is 4.70. The molecule has 2 aromatic carbocycles. The van der Waals surface area contributed by atoms with E-state index < -0.39 is 11.8 Å². The number of hydrogen-bond donors (Lipinski definition) is 2. The number of nitrogens with one attached hydrogen (secondary N) is 2. The summed E-state index contributed by atoms with van der Waals surface area (Å²) < 4.78 is 0. The number of hydrogen-bond acceptors (Lipinski definition) is 4. The fourth-order valence-corrected chi connectivity index (χ4v) is 2.87. The van der Waals surface area contributed by atoms with Crippen LogP contribution in [-0.4, -0.2) is 51.4 Å². The maximum atomic E-state index is 12.2. The Morgan fingerprint density at radius 3 is 2.00 bits per heavy atom. The Labute approximate surface area is 167 Å². The van der Waals surface area contributed by atoms with Crippen LogP contribution in [-0.2, 0) is 16.0 Å². The second kappa shape index (κ2) is 9.90. The van der Waals surface area contributed by atoms with Crippen LogP contribution in [0.2, 0.25) is 0 Å². The van der Waals surface area contributed by atoms with E-state index in [4.69, 9.17) is 0 Å². The van der Waals surface area contributed by atoms with Gasteiger partial charge in [-0.15, -0.1) is 0 Å². The largest absolute Gasteiger partial charge is 0.378 e. The Kier molecular flexibility index (Phi) is 7.58. The molecule has 0 bridgehead atoms. The zero-order valence-electron chi connectivity index (χ0n) is 17.3. The van der Waals surface area contributed by atoms with Crippen molar-refractivity contribution < 1.29 is 9.59 Å². The molecule has 0 aliphatic carbocycles. The Morgan fingerprint density at radius 1 is 0.893 bits per heavy atom. The van der Waals surface area contributed by atoms with E-state index in [0.717, 1.165) is 17.7 Å². The number of anilines is 2. The molecule has 2 amide bonds. The van der Waals surface area contributed by atoms with Crippen molar-refractivity contribution in [3.63, 3.8) is 0 Å². The molecule has 6 heteroatoms. The molecule has 0 saturated carbocycles. The van der Waals surface area contributed by atoms with Gasteiger partial charge in [0.1, 0.15) is 0 Å². The molecule has 150 valence electrons. The van der Waals surface area contributed by atoms with Gasteiger partial charge in [-0.1, -0.05) is 31.2 Å².